The van der Waals surface area contributed by atoms with Crippen LogP contribution in [-0.4, -0.2) is 25.7 Å². The highest BCUT2D eigenvalue weighted by Gasteiger charge is 1.95. The van der Waals surface area contributed by atoms with Gasteiger partial charge in [0.25, 0.3) is 0 Å². The largest absolute Gasteiger partial charge is 0.382 e. The number of benzene rings is 1. The Bertz CT molecular complexity index is 382. The minimum atomic E-state index is -0.258. The van der Waals surface area contributed by atoms with E-state index in [-0.39, 0.29) is 5.82 Å². The first-order valence-corrected chi connectivity index (χ1v) is 6.08. The number of halogens is 1. The van der Waals surface area contributed by atoms with Crippen molar-refractivity contribution >= 4 is 5.96 Å². The maximum atomic E-state index is 12.9. The molecule has 4 nitrogen and oxygen atoms in total. The van der Waals surface area contributed by atoms with Gasteiger partial charge in [0.2, 0.25) is 0 Å². The van der Waals surface area contributed by atoms with Gasteiger partial charge in [0.15, 0.2) is 5.96 Å². The normalized spacial score (nSPS) is 11.6. The van der Waals surface area contributed by atoms with Gasteiger partial charge in [-0.3, -0.25) is 0 Å². The first kappa shape index (κ1) is 14.4. The Hall–Kier alpha value is -1.62. The number of hydrogen-bond donors (Lipinski definition) is 2. The van der Waals surface area contributed by atoms with Crippen LogP contribution in [0.1, 0.15) is 18.9 Å². The predicted molar refractivity (Wildman–Crippen MR) is 70.8 cm³/mol. The molecule has 0 heterocycles. The van der Waals surface area contributed by atoms with E-state index in [9.17, 15) is 4.39 Å². The van der Waals surface area contributed by atoms with E-state index in [0.29, 0.717) is 19.1 Å². The summed E-state index contributed by atoms with van der Waals surface area (Å²) in [4.78, 5) is 4.13. The summed E-state index contributed by atoms with van der Waals surface area (Å²) in [5.74, 6) is 0.113. The molecule has 5 heteroatoms. The molecular weight excluding hydrogens is 233 g/mol. The lowest BCUT2D eigenvalue weighted by atomic mass is 10.2. The lowest BCUT2D eigenvalue weighted by Crippen LogP contribution is -2.32. The summed E-state index contributed by atoms with van der Waals surface area (Å²) in [6.07, 6.45) is 0.879. The number of hydrogen-bond acceptors (Lipinski definition) is 2. The second-order valence-corrected chi connectivity index (χ2v) is 3.81. The first-order valence-electron chi connectivity index (χ1n) is 6.08. The molecule has 100 valence electrons. The van der Waals surface area contributed by atoms with Gasteiger partial charge in [-0.2, -0.15) is 0 Å². The molecule has 0 saturated heterocycles. The molecule has 0 unspecified atom stereocenters. The molecule has 3 N–H and O–H groups in total. The maximum Gasteiger partial charge on any atom is 0.188 e. The van der Waals surface area contributed by atoms with E-state index in [1.54, 1.807) is 6.07 Å². The number of aliphatic imine (C=N–C) groups is 1. The molecule has 0 aliphatic heterocycles. The summed E-state index contributed by atoms with van der Waals surface area (Å²) in [7, 11) is 0. The van der Waals surface area contributed by atoms with E-state index in [4.69, 9.17) is 10.5 Å². The second kappa shape index (κ2) is 8.47. The molecule has 1 aromatic rings. The van der Waals surface area contributed by atoms with Crippen molar-refractivity contribution in [3.63, 3.8) is 0 Å². The van der Waals surface area contributed by atoms with Crippen LogP contribution in [0.25, 0.3) is 0 Å². The lowest BCUT2D eigenvalue weighted by Gasteiger charge is -2.05. The van der Waals surface area contributed by atoms with Crippen LogP contribution in [0.5, 0.6) is 0 Å². The third kappa shape index (κ3) is 6.20. The fourth-order valence-corrected chi connectivity index (χ4v) is 1.40. The summed E-state index contributed by atoms with van der Waals surface area (Å²) in [5, 5.41) is 2.98. The summed E-state index contributed by atoms with van der Waals surface area (Å²) in [6.45, 7) is 4.49. The Labute approximate surface area is 107 Å². The molecule has 1 aromatic carbocycles. The average molecular weight is 253 g/mol. The standard InChI is InChI=1S/C13H20FN3O/c1-2-18-8-4-7-16-13(15)17-10-11-5-3-6-12(14)9-11/h3,5-6,9H,2,4,7-8,10H2,1H3,(H3,15,16,17). The molecular formula is C13H20FN3O. The number of nitrogens with two attached hydrogens (primary N) is 1. The SMILES string of the molecule is CCOCCCNC(N)=NCc1cccc(F)c1. The molecule has 0 radical (unpaired) electrons. The van der Waals surface area contributed by atoms with Crippen LogP contribution in [-0.2, 0) is 11.3 Å². The molecule has 0 spiro atoms. The van der Waals surface area contributed by atoms with Gasteiger partial charge in [0.1, 0.15) is 5.82 Å². The summed E-state index contributed by atoms with van der Waals surface area (Å²) < 4.78 is 18.1. The zero-order valence-electron chi connectivity index (χ0n) is 10.7. The number of ether oxygens (including phenoxy) is 1. The monoisotopic (exact) mass is 253 g/mol. The van der Waals surface area contributed by atoms with Gasteiger partial charge in [-0.1, -0.05) is 12.1 Å². The maximum absolute atomic E-state index is 12.9. The van der Waals surface area contributed by atoms with Crippen LogP contribution in [0.4, 0.5) is 4.39 Å². The molecule has 0 atom stereocenters. The molecule has 0 bridgehead atoms. The minimum absolute atomic E-state index is 0.258. The molecule has 1 rings (SSSR count). The topological polar surface area (TPSA) is 59.6 Å². The lowest BCUT2D eigenvalue weighted by molar-refractivity contribution is 0.145. The van der Waals surface area contributed by atoms with Crippen molar-refractivity contribution in [2.45, 2.75) is 19.9 Å². The predicted octanol–water partition coefficient (Wildman–Crippen LogP) is 1.66. The van der Waals surface area contributed by atoms with E-state index in [1.165, 1.54) is 12.1 Å². The average Bonchev–Trinajstić information content (AvgIpc) is 2.36. The molecule has 0 aliphatic rings. The summed E-state index contributed by atoms with van der Waals surface area (Å²) >= 11 is 0. The quantitative estimate of drug-likeness (QED) is 0.441. The number of rotatable bonds is 7. The number of nitrogens with one attached hydrogen (secondary N) is 1. The van der Waals surface area contributed by atoms with Crippen LogP contribution in [0.3, 0.4) is 0 Å². The fourth-order valence-electron chi connectivity index (χ4n) is 1.40. The van der Waals surface area contributed by atoms with Gasteiger partial charge in [-0.15, -0.1) is 0 Å². The van der Waals surface area contributed by atoms with Gasteiger partial charge >= 0.3 is 0 Å². The Morgan fingerprint density at radius 2 is 2.33 bits per heavy atom. The fraction of sp³-hybridized carbons (Fsp3) is 0.462. The zero-order chi connectivity index (χ0) is 13.2. The second-order valence-electron chi connectivity index (χ2n) is 3.81. The van der Waals surface area contributed by atoms with Crippen molar-refractivity contribution in [3.05, 3.63) is 35.6 Å². The Balaban J connectivity index is 2.25. The third-order valence-corrected chi connectivity index (χ3v) is 2.30. The Morgan fingerprint density at radius 1 is 1.50 bits per heavy atom. The van der Waals surface area contributed by atoms with Crippen LogP contribution in [0.2, 0.25) is 0 Å². The van der Waals surface area contributed by atoms with Crippen molar-refractivity contribution in [1.82, 2.24) is 5.32 Å². The van der Waals surface area contributed by atoms with E-state index in [1.807, 2.05) is 13.0 Å². The first-order chi connectivity index (χ1) is 8.72. The molecule has 0 saturated carbocycles. The van der Waals surface area contributed by atoms with Crippen LogP contribution >= 0.6 is 0 Å². The Morgan fingerprint density at radius 3 is 3.06 bits per heavy atom. The van der Waals surface area contributed by atoms with Crippen molar-refractivity contribution in [2.75, 3.05) is 19.8 Å². The highest BCUT2D eigenvalue weighted by molar-refractivity contribution is 5.77. The van der Waals surface area contributed by atoms with Crippen LogP contribution < -0.4 is 11.1 Å². The zero-order valence-corrected chi connectivity index (χ0v) is 10.7. The molecule has 0 fully saturated rings. The molecule has 18 heavy (non-hydrogen) atoms. The van der Waals surface area contributed by atoms with Crippen molar-refractivity contribution < 1.29 is 9.13 Å². The number of guanidine groups is 1. The smallest absolute Gasteiger partial charge is 0.188 e. The number of nitrogens with zero attached hydrogens (tertiary/aromatic N) is 1. The van der Waals surface area contributed by atoms with E-state index in [0.717, 1.165) is 25.1 Å². The van der Waals surface area contributed by atoms with Gasteiger partial charge in [-0.25, -0.2) is 9.38 Å². The molecule has 0 aliphatic carbocycles. The summed E-state index contributed by atoms with van der Waals surface area (Å²) in [5.41, 5.74) is 6.48. The Kier molecular flexibility index (Phi) is 6.79. The third-order valence-electron chi connectivity index (χ3n) is 2.30. The summed E-state index contributed by atoms with van der Waals surface area (Å²) in [6, 6.07) is 6.33. The highest BCUT2D eigenvalue weighted by Crippen LogP contribution is 2.04. The van der Waals surface area contributed by atoms with Crippen molar-refractivity contribution in [1.29, 1.82) is 0 Å². The van der Waals surface area contributed by atoms with Gasteiger partial charge in [0.05, 0.1) is 6.54 Å². The van der Waals surface area contributed by atoms with Gasteiger partial charge in [-0.05, 0) is 31.0 Å². The van der Waals surface area contributed by atoms with Crippen molar-refractivity contribution in [3.8, 4) is 0 Å². The van der Waals surface area contributed by atoms with Gasteiger partial charge in [0, 0.05) is 19.8 Å². The van der Waals surface area contributed by atoms with Crippen molar-refractivity contribution in [2.24, 2.45) is 10.7 Å². The minimum Gasteiger partial charge on any atom is -0.382 e. The van der Waals surface area contributed by atoms with E-state index >= 15 is 0 Å². The van der Waals surface area contributed by atoms with E-state index < -0.39 is 0 Å². The van der Waals surface area contributed by atoms with E-state index in [2.05, 4.69) is 10.3 Å². The van der Waals surface area contributed by atoms with Crippen LogP contribution in [0.15, 0.2) is 29.3 Å². The van der Waals surface area contributed by atoms with Crippen LogP contribution in [0, 0.1) is 5.82 Å². The molecule has 0 amide bonds. The highest BCUT2D eigenvalue weighted by atomic mass is 19.1. The van der Waals surface area contributed by atoms with Gasteiger partial charge < -0.3 is 15.8 Å². The molecule has 0 aromatic heterocycles.